The van der Waals surface area contributed by atoms with Gasteiger partial charge in [-0.15, -0.1) is 0 Å². The first-order chi connectivity index (χ1) is 8.81. The minimum Gasteiger partial charge on any atom is -0.388 e. The molecule has 1 saturated heterocycles. The molecule has 1 fully saturated rings. The molecule has 0 saturated carbocycles. The van der Waals surface area contributed by atoms with E-state index in [1.165, 1.54) is 4.90 Å². The number of nitrogens with zero attached hydrogens (tertiary/aromatic N) is 2. The summed E-state index contributed by atoms with van der Waals surface area (Å²) in [4.78, 5) is 29.5. The second-order valence-electron chi connectivity index (χ2n) is 5.26. The third-order valence-electron chi connectivity index (χ3n) is 3.14. The number of thiocarbonyl (C=S) groups is 1. The maximum absolute atomic E-state index is 12.1. The van der Waals surface area contributed by atoms with Crippen molar-refractivity contribution in [1.82, 2.24) is 9.88 Å². The van der Waals surface area contributed by atoms with Gasteiger partial charge in [-0.3, -0.25) is 19.5 Å². The summed E-state index contributed by atoms with van der Waals surface area (Å²) in [5, 5.41) is 0. The van der Waals surface area contributed by atoms with Gasteiger partial charge < -0.3 is 5.73 Å². The first-order valence-corrected chi connectivity index (χ1v) is 6.31. The molecule has 0 unspecified atom stereocenters. The number of likely N-dealkylation sites (tertiary alicyclic amines) is 1. The fraction of sp³-hybridized carbons (Fsp3) is 0.385. The van der Waals surface area contributed by atoms with E-state index in [0.717, 1.165) is 5.56 Å². The van der Waals surface area contributed by atoms with Crippen LogP contribution < -0.4 is 5.73 Å². The Balaban J connectivity index is 2.22. The lowest BCUT2D eigenvalue weighted by Crippen LogP contribution is -2.32. The second-order valence-corrected chi connectivity index (χ2v) is 5.70. The summed E-state index contributed by atoms with van der Waals surface area (Å²) in [5.41, 5.74) is 6.18. The highest BCUT2D eigenvalue weighted by atomic mass is 32.1. The van der Waals surface area contributed by atoms with Crippen LogP contribution in [0.1, 0.15) is 31.5 Å². The summed E-state index contributed by atoms with van der Waals surface area (Å²) >= 11 is 4.85. The number of amides is 2. The minimum atomic E-state index is -0.615. The Hall–Kier alpha value is -1.82. The van der Waals surface area contributed by atoms with Crippen LogP contribution in [0.15, 0.2) is 18.3 Å². The van der Waals surface area contributed by atoms with Crippen LogP contribution in [-0.4, -0.2) is 26.7 Å². The number of carbonyl (C=O) groups is 2. The van der Waals surface area contributed by atoms with E-state index >= 15 is 0 Å². The van der Waals surface area contributed by atoms with Crippen LogP contribution in [0.25, 0.3) is 0 Å². The quantitative estimate of drug-likeness (QED) is 0.659. The van der Waals surface area contributed by atoms with Gasteiger partial charge in [0.15, 0.2) is 0 Å². The van der Waals surface area contributed by atoms with Gasteiger partial charge in [-0.1, -0.05) is 26.1 Å². The van der Waals surface area contributed by atoms with Crippen LogP contribution >= 0.6 is 12.2 Å². The SMILES string of the molecule is CC1(C)CC(=O)N(Cc2ccnc(C(N)=S)c2)C1=O. The number of hydrogen-bond donors (Lipinski definition) is 1. The molecule has 100 valence electrons. The number of hydrogen-bond acceptors (Lipinski definition) is 4. The van der Waals surface area contributed by atoms with Crippen molar-refractivity contribution in [1.29, 1.82) is 0 Å². The molecule has 0 aliphatic carbocycles. The number of nitrogens with two attached hydrogens (primary N) is 1. The molecule has 0 aromatic carbocycles. The van der Waals surface area contributed by atoms with Crippen molar-refractivity contribution in [2.75, 3.05) is 0 Å². The molecule has 0 atom stereocenters. The van der Waals surface area contributed by atoms with Gasteiger partial charge in [0.25, 0.3) is 0 Å². The standard InChI is InChI=1S/C13H15N3O2S/c1-13(2)6-10(17)16(12(13)18)7-8-3-4-15-9(5-8)11(14)19/h3-5H,6-7H2,1-2H3,(H2,14,19). The highest BCUT2D eigenvalue weighted by molar-refractivity contribution is 7.80. The van der Waals surface area contributed by atoms with E-state index in [1.807, 2.05) is 0 Å². The smallest absolute Gasteiger partial charge is 0.235 e. The zero-order chi connectivity index (χ0) is 14.2. The van der Waals surface area contributed by atoms with E-state index in [0.29, 0.717) is 5.69 Å². The van der Waals surface area contributed by atoms with Gasteiger partial charge in [-0.05, 0) is 17.7 Å². The molecule has 2 amide bonds. The molecular formula is C13H15N3O2S. The fourth-order valence-corrected chi connectivity index (χ4v) is 2.19. The van der Waals surface area contributed by atoms with E-state index in [9.17, 15) is 9.59 Å². The predicted octanol–water partition coefficient (Wildman–Crippen LogP) is 1.00. The van der Waals surface area contributed by atoms with E-state index < -0.39 is 5.41 Å². The van der Waals surface area contributed by atoms with E-state index in [-0.39, 0.29) is 29.8 Å². The van der Waals surface area contributed by atoms with Crippen LogP contribution in [0.3, 0.4) is 0 Å². The third-order valence-corrected chi connectivity index (χ3v) is 3.34. The zero-order valence-corrected chi connectivity index (χ0v) is 11.7. The molecule has 19 heavy (non-hydrogen) atoms. The molecule has 0 spiro atoms. The Morgan fingerprint density at radius 2 is 2.21 bits per heavy atom. The maximum atomic E-state index is 12.1. The molecule has 5 nitrogen and oxygen atoms in total. The summed E-state index contributed by atoms with van der Waals surface area (Å²) in [6.07, 6.45) is 1.82. The topological polar surface area (TPSA) is 76.3 Å². The van der Waals surface area contributed by atoms with Gasteiger partial charge in [0.05, 0.1) is 17.7 Å². The molecular weight excluding hydrogens is 262 g/mol. The maximum Gasteiger partial charge on any atom is 0.235 e. The van der Waals surface area contributed by atoms with Crippen molar-refractivity contribution in [3.63, 3.8) is 0 Å². The van der Waals surface area contributed by atoms with Gasteiger partial charge in [-0.25, -0.2) is 0 Å². The van der Waals surface area contributed by atoms with Gasteiger partial charge >= 0.3 is 0 Å². The van der Waals surface area contributed by atoms with Crippen LogP contribution in [0.5, 0.6) is 0 Å². The normalized spacial score (nSPS) is 17.9. The van der Waals surface area contributed by atoms with Crippen molar-refractivity contribution in [3.8, 4) is 0 Å². The molecule has 1 aliphatic heterocycles. The van der Waals surface area contributed by atoms with Gasteiger partial charge in [-0.2, -0.15) is 0 Å². The Bertz CT molecular complexity index is 569. The molecule has 6 heteroatoms. The molecule has 1 aliphatic rings. The van der Waals surface area contributed by atoms with Gasteiger partial charge in [0.1, 0.15) is 4.99 Å². The Labute approximate surface area is 116 Å². The molecule has 2 rings (SSSR count). The predicted molar refractivity (Wildman–Crippen MR) is 74.1 cm³/mol. The second kappa shape index (κ2) is 4.70. The largest absolute Gasteiger partial charge is 0.388 e. The average Bonchev–Trinajstić information content (AvgIpc) is 2.52. The first-order valence-electron chi connectivity index (χ1n) is 5.91. The van der Waals surface area contributed by atoms with E-state index in [1.54, 1.807) is 32.2 Å². The molecule has 0 radical (unpaired) electrons. The van der Waals surface area contributed by atoms with Crippen LogP contribution in [0.2, 0.25) is 0 Å². The monoisotopic (exact) mass is 277 g/mol. The third kappa shape index (κ3) is 2.63. The molecule has 0 bridgehead atoms. The lowest BCUT2D eigenvalue weighted by molar-refractivity contribution is -0.141. The van der Waals surface area contributed by atoms with Crippen molar-refractivity contribution in [2.45, 2.75) is 26.8 Å². The molecule has 1 aromatic heterocycles. The highest BCUT2D eigenvalue weighted by Crippen LogP contribution is 2.32. The summed E-state index contributed by atoms with van der Waals surface area (Å²) < 4.78 is 0. The fourth-order valence-electron chi connectivity index (χ4n) is 2.08. The molecule has 1 aromatic rings. The van der Waals surface area contributed by atoms with Crippen LogP contribution in [0, 0.1) is 5.41 Å². The number of pyridine rings is 1. The summed E-state index contributed by atoms with van der Waals surface area (Å²) in [7, 11) is 0. The minimum absolute atomic E-state index is 0.147. The van der Waals surface area contributed by atoms with Gasteiger partial charge in [0.2, 0.25) is 11.8 Å². The first kappa shape index (κ1) is 13.6. The van der Waals surface area contributed by atoms with Crippen molar-refractivity contribution in [3.05, 3.63) is 29.6 Å². The molecule has 2 heterocycles. The number of aromatic nitrogens is 1. The Morgan fingerprint density at radius 1 is 1.53 bits per heavy atom. The zero-order valence-electron chi connectivity index (χ0n) is 10.8. The van der Waals surface area contributed by atoms with Crippen LogP contribution in [0.4, 0.5) is 0 Å². The van der Waals surface area contributed by atoms with Crippen molar-refractivity contribution >= 4 is 29.0 Å². The highest BCUT2D eigenvalue weighted by Gasteiger charge is 2.44. The van der Waals surface area contributed by atoms with Crippen LogP contribution in [-0.2, 0) is 16.1 Å². The van der Waals surface area contributed by atoms with Crippen molar-refractivity contribution in [2.24, 2.45) is 11.1 Å². The summed E-state index contributed by atoms with van der Waals surface area (Å²) in [6.45, 7) is 3.79. The lowest BCUT2D eigenvalue weighted by atomic mass is 9.92. The number of carbonyl (C=O) groups excluding carboxylic acids is 2. The van der Waals surface area contributed by atoms with Crippen molar-refractivity contribution < 1.29 is 9.59 Å². The molecule has 2 N–H and O–H groups in total. The lowest BCUT2D eigenvalue weighted by Gasteiger charge is -2.17. The summed E-state index contributed by atoms with van der Waals surface area (Å²) in [5.74, 6) is -0.296. The van der Waals surface area contributed by atoms with Gasteiger partial charge in [0, 0.05) is 12.6 Å². The average molecular weight is 277 g/mol. The number of rotatable bonds is 3. The van der Waals surface area contributed by atoms with E-state index in [2.05, 4.69) is 4.98 Å². The van der Waals surface area contributed by atoms with E-state index in [4.69, 9.17) is 18.0 Å². The summed E-state index contributed by atoms with van der Waals surface area (Å²) in [6, 6.07) is 3.45. The Kier molecular flexibility index (Phi) is 3.36. The Morgan fingerprint density at radius 3 is 2.74 bits per heavy atom. The number of imide groups is 1.